The second-order valence-electron chi connectivity index (χ2n) is 7.68. The molecular weight excluding hydrogens is 326 g/mol. The van der Waals surface area contributed by atoms with E-state index in [4.69, 9.17) is 0 Å². The fourth-order valence-corrected chi connectivity index (χ4v) is 3.39. The summed E-state index contributed by atoms with van der Waals surface area (Å²) in [5, 5.41) is 7.61. The van der Waals surface area contributed by atoms with E-state index < -0.39 is 0 Å². The number of benzene rings is 1. The van der Waals surface area contributed by atoms with E-state index in [0.717, 1.165) is 24.1 Å². The zero-order valence-corrected chi connectivity index (χ0v) is 16.0. The molecule has 1 aromatic heterocycles. The molecule has 1 heterocycles. The van der Waals surface area contributed by atoms with Gasteiger partial charge in [0.05, 0.1) is 11.7 Å². The first-order chi connectivity index (χ1) is 12.3. The summed E-state index contributed by atoms with van der Waals surface area (Å²) in [7, 11) is 0. The Labute approximate surface area is 154 Å². The summed E-state index contributed by atoms with van der Waals surface area (Å²) in [5.74, 6) is 0.390. The molecule has 1 aromatic carbocycles. The molecule has 0 saturated heterocycles. The van der Waals surface area contributed by atoms with Crippen molar-refractivity contribution in [3.8, 4) is 0 Å². The van der Waals surface area contributed by atoms with Crippen molar-refractivity contribution < 1.29 is 4.79 Å². The van der Waals surface area contributed by atoms with Crippen LogP contribution in [0.25, 0.3) is 0 Å². The topological polar surface area (TPSA) is 64.0 Å². The standard InChI is InChI=1S/C21H27N3O2/c1-13(2)15-5-7-16(8-6-15)21(26)22-18-9-10-19-17(11-18)12-20(25)24(23-19)14(3)4/h5-8,12-14,18H,9-11H2,1-4H3,(H,22,26). The van der Waals surface area contributed by atoms with E-state index in [1.165, 1.54) is 10.2 Å². The summed E-state index contributed by atoms with van der Waals surface area (Å²) in [6.45, 7) is 8.18. The van der Waals surface area contributed by atoms with Gasteiger partial charge in [0.1, 0.15) is 0 Å². The number of carbonyl (C=O) groups excluding carboxylic acids is 1. The Morgan fingerprint density at radius 3 is 2.50 bits per heavy atom. The van der Waals surface area contributed by atoms with Gasteiger partial charge in [0, 0.05) is 17.7 Å². The highest BCUT2D eigenvalue weighted by Crippen LogP contribution is 2.20. The van der Waals surface area contributed by atoms with Crippen LogP contribution >= 0.6 is 0 Å². The second-order valence-corrected chi connectivity index (χ2v) is 7.68. The highest BCUT2D eigenvalue weighted by Gasteiger charge is 2.23. The number of nitrogens with zero attached hydrogens (tertiary/aromatic N) is 2. The van der Waals surface area contributed by atoms with Crippen LogP contribution in [0.15, 0.2) is 35.1 Å². The minimum Gasteiger partial charge on any atom is -0.349 e. The molecule has 138 valence electrons. The first-order valence-electron chi connectivity index (χ1n) is 9.37. The molecule has 0 spiro atoms. The number of fused-ring (bicyclic) bond motifs is 1. The molecule has 1 unspecified atom stereocenters. The summed E-state index contributed by atoms with van der Waals surface area (Å²) in [4.78, 5) is 24.7. The molecule has 1 atom stereocenters. The molecule has 0 aliphatic heterocycles. The van der Waals surface area contributed by atoms with Gasteiger partial charge in [0.25, 0.3) is 11.5 Å². The van der Waals surface area contributed by atoms with Gasteiger partial charge in [-0.1, -0.05) is 26.0 Å². The Kier molecular flexibility index (Phi) is 5.25. The molecule has 26 heavy (non-hydrogen) atoms. The van der Waals surface area contributed by atoms with E-state index in [2.05, 4.69) is 24.3 Å². The Morgan fingerprint density at radius 2 is 1.88 bits per heavy atom. The van der Waals surface area contributed by atoms with E-state index >= 15 is 0 Å². The van der Waals surface area contributed by atoms with E-state index in [1.807, 2.05) is 38.1 Å². The number of rotatable bonds is 4. The van der Waals surface area contributed by atoms with Crippen LogP contribution in [0.3, 0.4) is 0 Å². The maximum absolute atomic E-state index is 12.5. The van der Waals surface area contributed by atoms with Gasteiger partial charge < -0.3 is 5.32 Å². The molecule has 1 N–H and O–H groups in total. The highest BCUT2D eigenvalue weighted by atomic mass is 16.1. The average Bonchev–Trinajstić information content (AvgIpc) is 2.60. The molecule has 0 bridgehead atoms. The molecule has 1 aliphatic carbocycles. The molecule has 3 rings (SSSR count). The predicted molar refractivity (Wildman–Crippen MR) is 103 cm³/mol. The lowest BCUT2D eigenvalue weighted by atomic mass is 9.92. The quantitative estimate of drug-likeness (QED) is 0.918. The summed E-state index contributed by atoms with van der Waals surface area (Å²) < 4.78 is 1.54. The van der Waals surface area contributed by atoms with Crippen LogP contribution in [0, 0.1) is 0 Å². The second kappa shape index (κ2) is 7.44. The third-order valence-corrected chi connectivity index (χ3v) is 4.98. The summed E-state index contributed by atoms with van der Waals surface area (Å²) >= 11 is 0. The van der Waals surface area contributed by atoms with E-state index in [0.29, 0.717) is 17.9 Å². The third kappa shape index (κ3) is 3.87. The van der Waals surface area contributed by atoms with Crippen LogP contribution in [0.5, 0.6) is 0 Å². The van der Waals surface area contributed by atoms with Crippen LogP contribution < -0.4 is 10.9 Å². The maximum Gasteiger partial charge on any atom is 0.267 e. The maximum atomic E-state index is 12.5. The number of hydrogen-bond donors (Lipinski definition) is 1. The number of carbonyl (C=O) groups is 1. The zero-order chi connectivity index (χ0) is 18.8. The van der Waals surface area contributed by atoms with Gasteiger partial charge in [-0.15, -0.1) is 0 Å². The Balaban J connectivity index is 1.70. The fourth-order valence-electron chi connectivity index (χ4n) is 3.39. The summed E-state index contributed by atoms with van der Waals surface area (Å²) in [6.07, 6.45) is 2.28. The Morgan fingerprint density at radius 1 is 1.19 bits per heavy atom. The molecule has 2 aromatic rings. The van der Waals surface area contributed by atoms with Gasteiger partial charge in [0.15, 0.2) is 0 Å². The van der Waals surface area contributed by atoms with E-state index in [-0.39, 0.29) is 23.6 Å². The average molecular weight is 353 g/mol. The molecule has 5 nitrogen and oxygen atoms in total. The number of aryl methyl sites for hydroxylation is 1. The fraction of sp³-hybridized carbons (Fsp3) is 0.476. The van der Waals surface area contributed by atoms with Gasteiger partial charge in [-0.25, -0.2) is 4.68 Å². The van der Waals surface area contributed by atoms with Crippen molar-refractivity contribution in [2.75, 3.05) is 0 Å². The lowest BCUT2D eigenvalue weighted by Crippen LogP contribution is -2.40. The van der Waals surface area contributed by atoms with Crippen molar-refractivity contribution >= 4 is 5.91 Å². The van der Waals surface area contributed by atoms with Crippen LogP contribution in [-0.4, -0.2) is 21.7 Å². The van der Waals surface area contributed by atoms with E-state index in [9.17, 15) is 9.59 Å². The largest absolute Gasteiger partial charge is 0.349 e. The monoisotopic (exact) mass is 353 g/mol. The number of aromatic nitrogens is 2. The Hall–Kier alpha value is -2.43. The molecule has 1 amide bonds. The van der Waals surface area contributed by atoms with Crippen LogP contribution in [0.2, 0.25) is 0 Å². The molecular formula is C21H27N3O2. The first-order valence-corrected chi connectivity index (χ1v) is 9.37. The predicted octanol–water partition coefficient (Wildman–Crippen LogP) is 3.23. The molecule has 0 saturated carbocycles. The van der Waals surface area contributed by atoms with Crippen molar-refractivity contribution in [3.05, 3.63) is 63.1 Å². The minimum atomic E-state index is -0.0741. The lowest BCUT2D eigenvalue weighted by molar-refractivity contribution is 0.0933. The van der Waals surface area contributed by atoms with Gasteiger partial charge in [-0.05, 0) is 62.3 Å². The number of amides is 1. The summed E-state index contributed by atoms with van der Waals surface area (Å²) in [6, 6.07) is 9.55. The van der Waals surface area contributed by atoms with Crippen molar-refractivity contribution in [2.45, 2.75) is 65.0 Å². The minimum absolute atomic E-state index is 0.0378. The van der Waals surface area contributed by atoms with Crippen molar-refractivity contribution in [2.24, 2.45) is 0 Å². The number of hydrogen-bond acceptors (Lipinski definition) is 3. The highest BCUT2D eigenvalue weighted by molar-refractivity contribution is 5.94. The first kappa shape index (κ1) is 18.4. The van der Waals surface area contributed by atoms with Gasteiger partial charge in [-0.3, -0.25) is 9.59 Å². The van der Waals surface area contributed by atoms with Gasteiger partial charge in [-0.2, -0.15) is 5.10 Å². The normalized spacial score (nSPS) is 16.6. The van der Waals surface area contributed by atoms with Crippen LogP contribution in [-0.2, 0) is 12.8 Å². The SMILES string of the molecule is CC(C)c1ccc(C(=O)NC2CCc3nn(C(C)C)c(=O)cc3C2)cc1. The molecule has 0 fully saturated rings. The van der Waals surface area contributed by atoms with Crippen molar-refractivity contribution in [1.82, 2.24) is 15.1 Å². The van der Waals surface area contributed by atoms with Crippen molar-refractivity contribution in [3.63, 3.8) is 0 Å². The zero-order valence-electron chi connectivity index (χ0n) is 16.0. The van der Waals surface area contributed by atoms with Gasteiger partial charge >= 0.3 is 0 Å². The lowest BCUT2D eigenvalue weighted by Gasteiger charge is -2.25. The number of nitrogens with one attached hydrogen (secondary N) is 1. The van der Waals surface area contributed by atoms with E-state index in [1.54, 1.807) is 6.07 Å². The summed E-state index contributed by atoms with van der Waals surface area (Å²) in [5.41, 5.74) is 3.76. The third-order valence-electron chi connectivity index (χ3n) is 4.98. The smallest absolute Gasteiger partial charge is 0.267 e. The Bertz CT molecular complexity index is 851. The van der Waals surface area contributed by atoms with Crippen LogP contribution in [0.4, 0.5) is 0 Å². The van der Waals surface area contributed by atoms with Crippen molar-refractivity contribution in [1.29, 1.82) is 0 Å². The molecule has 5 heteroatoms. The van der Waals surface area contributed by atoms with Gasteiger partial charge in [0.2, 0.25) is 0 Å². The van der Waals surface area contributed by atoms with Crippen LogP contribution in [0.1, 0.15) is 73.3 Å². The molecule has 1 aliphatic rings. The molecule has 0 radical (unpaired) electrons.